The summed E-state index contributed by atoms with van der Waals surface area (Å²) in [5, 5.41) is 6.57. The molecule has 1 saturated heterocycles. The van der Waals surface area contributed by atoms with Gasteiger partial charge in [0.2, 0.25) is 10.0 Å². The predicted octanol–water partition coefficient (Wildman–Crippen LogP) is 2.12. The Labute approximate surface area is 211 Å². The highest BCUT2D eigenvalue weighted by molar-refractivity contribution is 7.93. The minimum atomic E-state index is -4.01. The minimum Gasteiger partial charge on any atom is -0.337 e. The molecule has 0 bridgehead atoms. The number of nitrogens with zero attached hydrogens (tertiary/aromatic N) is 2. The zero-order valence-electron chi connectivity index (χ0n) is 20.1. The summed E-state index contributed by atoms with van der Waals surface area (Å²) in [5.41, 5.74) is 2.28. The van der Waals surface area contributed by atoms with E-state index in [9.17, 15) is 21.6 Å². The van der Waals surface area contributed by atoms with Crippen molar-refractivity contribution in [1.29, 1.82) is 0 Å². The van der Waals surface area contributed by atoms with Gasteiger partial charge in [-0.25, -0.2) is 26.4 Å². The quantitative estimate of drug-likeness (QED) is 0.405. The second-order valence-electron chi connectivity index (χ2n) is 8.84. The maximum Gasteiger partial charge on any atom is 0.319 e. The van der Waals surface area contributed by atoms with Crippen LogP contribution in [0.25, 0.3) is 10.9 Å². The number of hydrogen-bond acceptors (Lipinski definition) is 7. The highest BCUT2D eigenvalue weighted by atomic mass is 32.2. The van der Waals surface area contributed by atoms with Crippen molar-refractivity contribution >= 4 is 42.5 Å². The van der Waals surface area contributed by atoms with Crippen molar-refractivity contribution < 1.29 is 21.6 Å². The minimum absolute atomic E-state index is 0.222. The number of fused-ring (bicyclic) bond motifs is 1. The van der Waals surface area contributed by atoms with Crippen LogP contribution >= 0.6 is 0 Å². The molecule has 0 spiro atoms. The molecule has 1 aliphatic rings. The van der Waals surface area contributed by atoms with Crippen molar-refractivity contribution in [1.82, 2.24) is 19.9 Å². The topological polar surface area (TPSA) is 138 Å². The van der Waals surface area contributed by atoms with E-state index in [-0.39, 0.29) is 21.9 Å². The SMILES string of the molecule is Cc1cc(NC(=O)NCCN2CCC(NS(=O)(=O)c3ccccc3S(C)(=O)=O)C2)c2ccccc2n1. The maximum atomic E-state index is 12.9. The van der Waals surface area contributed by atoms with Gasteiger partial charge in [-0.3, -0.25) is 9.88 Å². The molecule has 12 heteroatoms. The molecule has 1 unspecified atom stereocenters. The first kappa shape index (κ1) is 26.0. The van der Waals surface area contributed by atoms with Crippen molar-refractivity contribution in [3.05, 3.63) is 60.3 Å². The molecule has 10 nitrogen and oxygen atoms in total. The average molecular weight is 532 g/mol. The van der Waals surface area contributed by atoms with E-state index in [1.54, 1.807) is 0 Å². The van der Waals surface area contributed by atoms with E-state index in [0.717, 1.165) is 22.9 Å². The number of aryl methyl sites for hydroxylation is 1. The molecule has 1 aromatic heterocycles. The monoisotopic (exact) mass is 531 g/mol. The van der Waals surface area contributed by atoms with Gasteiger partial charge >= 0.3 is 6.03 Å². The molecular formula is C24H29N5O5S2. The Bertz CT molecular complexity index is 1490. The molecule has 2 aromatic carbocycles. The molecule has 0 aliphatic carbocycles. The summed E-state index contributed by atoms with van der Waals surface area (Å²) < 4.78 is 52.4. The van der Waals surface area contributed by atoms with Gasteiger partial charge in [0.05, 0.1) is 16.1 Å². The van der Waals surface area contributed by atoms with Crippen LogP contribution in [0, 0.1) is 6.92 Å². The molecule has 3 aromatic rings. The number of anilines is 1. The van der Waals surface area contributed by atoms with E-state index in [1.165, 1.54) is 24.3 Å². The van der Waals surface area contributed by atoms with Crippen molar-refractivity contribution in [2.45, 2.75) is 29.2 Å². The Balaban J connectivity index is 1.29. The largest absolute Gasteiger partial charge is 0.337 e. The molecule has 1 aliphatic heterocycles. The first-order chi connectivity index (χ1) is 17.0. The van der Waals surface area contributed by atoms with E-state index < -0.39 is 19.9 Å². The smallest absolute Gasteiger partial charge is 0.319 e. The summed E-state index contributed by atoms with van der Waals surface area (Å²) in [6.45, 7) is 3.90. The Morgan fingerprint density at radius 3 is 2.50 bits per heavy atom. The molecule has 192 valence electrons. The maximum absolute atomic E-state index is 12.9. The molecule has 0 radical (unpaired) electrons. The Hall–Kier alpha value is -3.06. The van der Waals surface area contributed by atoms with Gasteiger partial charge in [-0.15, -0.1) is 0 Å². The fourth-order valence-corrected chi connectivity index (χ4v) is 7.19. The van der Waals surface area contributed by atoms with Crippen molar-refractivity contribution in [2.24, 2.45) is 0 Å². The lowest BCUT2D eigenvalue weighted by Gasteiger charge is -2.18. The van der Waals surface area contributed by atoms with Gasteiger partial charge in [0.25, 0.3) is 0 Å². The molecular weight excluding hydrogens is 502 g/mol. The number of hydrogen-bond donors (Lipinski definition) is 3. The van der Waals surface area contributed by atoms with Crippen LogP contribution in [0.15, 0.2) is 64.4 Å². The van der Waals surface area contributed by atoms with Crippen LogP contribution in [0.3, 0.4) is 0 Å². The predicted molar refractivity (Wildman–Crippen MR) is 138 cm³/mol. The zero-order valence-corrected chi connectivity index (χ0v) is 21.7. The lowest BCUT2D eigenvalue weighted by molar-refractivity contribution is 0.249. The van der Waals surface area contributed by atoms with Gasteiger partial charge in [0.1, 0.15) is 4.90 Å². The third-order valence-corrected chi connectivity index (χ3v) is 8.80. The molecule has 4 rings (SSSR count). The number of sulfonamides is 1. The van der Waals surface area contributed by atoms with Crippen molar-refractivity contribution in [3.63, 3.8) is 0 Å². The first-order valence-corrected chi connectivity index (χ1v) is 14.9. The molecule has 0 saturated carbocycles. The number of carbonyl (C=O) groups is 1. The second-order valence-corrected chi connectivity index (χ2v) is 12.5. The third-order valence-electron chi connectivity index (χ3n) is 5.94. The lowest BCUT2D eigenvalue weighted by Crippen LogP contribution is -2.40. The van der Waals surface area contributed by atoms with Crippen LogP contribution < -0.4 is 15.4 Å². The fourth-order valence-electron chi connectivity index (χ4n) is 4.30. The first-order valence-electron chi connectivity index (χ1n) is 11.5. The normalized spacial score (nSPS) is 16.8. The summed E-state index contributed by atoms with van der Waals surface area (Å²) in [4.78, 5) is 18.5. The van der Waals surface area contributed by atoms with Crippen LogP contribution in [0.4, 0.5) is 10.5 Å². The van der Waals surface area contributed by atoms with Gasteiger partial charge in [-0.1, -0.05) is 30.3 Å². The number of para-hydroxylation sites is 1. The van der Waals surface area contributed by atoms with Crippen LogP contribution in [0.2, 0.25) is 0 Å². The number of urea groups is 1. The standard InChI is InChI=1S/C24H29N5O5S2/c1-17-15-21(19-7-3-4-8-20(19)26-17)27-24(30)25-12-14-29-13-11-18(16-29)28-36(33,34)23-10-6-5-9-22(23)35(2,31)32/h3-10,15,18,28H,11-14,16H2,1-2H3,(H2,25,26,27,30). The highest BCUT2D eigenvalue weighted by Crippen LogP contribution is 2.23. The Kier molecular flexibility index (Phi) is 7.59. The third kappa shape index (κ3) is 6.19. The van der Waals surface area contributed by atoms with E-state index in [4.69, 9.17) is 0 Å². The van der Waals surface area contributed by atoms with Crippen molar-refractivity contribution in [2.75, 3.05) is 37.8 Å². The summed E-state index contributed by atoms with van der Waals surface area (Å²) in [6, 6.07) is 14.3. The molecule has 3 N–H and O–H groups in total. The summed E-state index contributed by atoms with van der Waals surface area (Å²) in [6.07, 6.45) is 1.56. The molecule has 2 amide bonds. The van der Waals surface area contributed by atoms with Gasteiger partial charge in [-0.05, 0) is 44.2 Å². The fraction of sp³-hybridized carbons (Fsp3) is 0.333. The van der Waals surface area contributed by atoms with E-state index in [1.807, 2.05) is 42.2 Å². The Morgan fingerprint density at radius 2 is 1.75 bits per heavy atom. The number of likely N-dealkylation sites (tertiary alicyclic amines) is 1. The average Bonchev–Trinajstić information content (AvgIpc) is 3.24. The summed E-state index contributed by atoms with van der Waals surface area (Å²) >= 11 is 0. The second kappa shape index (κ2) is 10.5. The van der Waals surface area contributed by atoms with Crippen LogP contribution in [0.5, 0.6) is 0 Å². The van der Waals surface area contributed by atoms with Crippen LogP contribution in [0.1, 0.15) is 12.1 Å². The number of sulfone groups is 1. The molecule has 36 heavy (non-hydrogen) atoms. The lowest BCUT2D eigenvalue weighted by atomic mass is 10.1. The number of pyridine rings is 1. The van der Waals surface area contributed by atoms with E-state index in [2.05, 4.69) is 20.3 Å². The summed E-state index contributed by atoms with van der Waals surface area (Å²) in [7, 11) is -7.71. The van der Waals surface area contributed by atoms with Gasteiger partial charge in [0.15, 0.2) is 9.84 Å². The number of benzene rings is 2. The Morgan fingerprint density at radius 1 is 1.06 bits per heavy atom. The number of nitrogens with one attached hydrogen (secondary N) is 3. The number of aromatic nitrogens is 1. The van der Waals surface area contributed by atoms with Gasteiger partial charge in [-0.2, -0.15) is 0 Å². The van der Waals surface area contributed by atoms with Gasteiger partial charge in [0, 0.05) is 43.0 Å². The van der Waals surface area contributed by atoms with Crippen LogP contribution in [-0.4, -0.2) is 71.2 Å². The highest BCUT2D eigenvalue weighted by Gasteiger charge is 2.30. The van der Waals surface area contributed by atoms with Crippen molar-refractivity contribution in [3.8, 4) is 0 Å². The van der Waals surface area contributed by atoms with Crippen LogP contribution in [-0.2, 0) is 19.9 Å². The number of rotatable bonds is 8. The zero-order chi connectivity index (χ0) is 25.9. The summed E-state index contributed by atoms with van der Waals surface area (Å²) in [5.74, 6) is 0. The van der Waals surface area contributed by atoms with Gasteiger partial charge < -0.3 is 10.6 Å². The molecule has 1 atom stereocenters. The van der Waals surface area contributed by atoms with E-state index in [0.29, 0.717) is 38.3 Å². The van der Waals surface area contributed by atoms with E-state index >= 15 is 0 Å². The number of amides is 2. The number of carbonyl (C=O) groups excluding carboxylic acids is 1. The molecule has 1 fully saturated rings. The molecule has 2 heterocycles.